The van der Waals surface area contributed by atoms with E-state index in [2.05, 4.69) is 41.6 Å². The minimum atomic E-state index is -0.317. The first-order chi connectivity index (χ1) is 15.3. The van der Waals surface area contributed by atoms with Crippen molar-refractivity contribution in [1.29, 1.82) is 0 Å². The molecule has 3 aromatic rings. The molecule has 0 saturated heterocycles. The number of hydrogen-bond donors (Lipinski definition) is 2. The highest BCUT2D eigenvalue weighted by Gasteiger charge is 2.11. The number of carbonyl (C=O) groups is 2. The zero-order chi connectivity index (χ0) is 23.1. The minimum absolute atomic E-state index is 0.121. The van der Waals surface area contributed by atoms with Crippen LogP contribution in [-0.2, 0) is 22.4 Å². The minimum Gasteiger partial charge on any atom is -0.441 e. The molecule has 0 aliphatic heterocycles. The first-order valence-corrected chi connectivity index (χ1v) is 11.1. The molecule has 0 aliphatic rings. The molecule has 0 bridgehead atoms. The highest BCUT2D eigenvalue weighted by atomic mass is 35.5. The van der Waals surface area contributed by atoms with Crippen LogP contribution in [0.15, 0.2) is 53.1 Å². The molecule has 0 unspecified atom stereocenters. The lowest BCUT2D eigenvalue weighted by molar-refractivity contribution is -0.124. The number of halogens is 1. The molecular weight excluding hydrogens is 426 g/mol. The van der Waals surface area contributed by atoms with Crippen LogP contribution in [0.4, 0.5) is 5.69 Å². The number of oxazole rings is 1. The topological polar surface area (TPSA) is 84.2 Å². The number of hydrogen-bond acceptors (Lipinski definition) is 4. The van der Waals surface area contributed by atoms with Crippen molar-refractivity contribution in [3.05, 3.63) is 70.7 Å². The zero-order valence-corrected chi connectivity index (χ0v) is 19.3. The van der Waals surface area contributed by atoms with Gasteiger partial charge in [0.25, 0.3) is 0 Å². The highest BCUT2D eigenvalue weighted by Crippen LogP contribution is 2.23. The lowest BCUT2D eigenvalue weighted by Gasteiger charge is -2.10. The number of aryl methyl sites for hydroxylation is 1. The van der Waals surface area contributed by atoms with E-state index in [1.807, 2.05) is 19.1 Å². The number of aromatic nitrogens is 1. The van der Waals surface area contributed by atoms with Crippen LogP contribution in [0.1, 0.15) is 37.3 Å². The van der Waals surface area contributed by atoms with E-state index in [0.29, 0.717) is 34.7 Å². The van der Waals surface area contributed by atoms with Gasteiger partial charge in [-0.3, -0.25) is 9.59 Å². The summed E-state index contributed by atoms with van der Waals surface area (Å²) in [6.07, 6.45) is 3.24. The quantitative estimate of drug-likeness (QED) is 0.467. The summed E-state index contributed by atoms with van der Waals surface area (Å²) in [6.45, 7) is 6.09. The number of benzene rings is 2. The smallest absolute Gasteiger partial charge is 0.243 e. The van der Waals surface area contributed by atoms with Gasteiger partial charge in [0, 0.05) is 29.1 Å². The van der Waals surface area contributed by atoms with E-state index in [0.717, 1.165) is 17.5 Å². The Morgan fingerprint density at radius 3 is 2.56 bits per heavy atom. The molecular formula is C25H28ClN3O3. The summed E-state index contributed by atoms with van der Waals surface area (Å²) in [6, 6.07) is 13.5. The fourth-order valence-electron chi connectivity index (χ4n) is 3.26. The Kier molecular flexibility index (Phi) is 8.06. The van der Waals surface area contributed by atoms with Gasteiger partial charge in [-0.05, 0) is 42.5 Å². The molecule has 0 saturated carbocycles. The largest absolute Gasteiger partial charge is 0.441 e. The Hall–Kier alpha value is -3.12. The molecule has 6 nitrogen and oxygen atoms in total. The zero-order valence-electron chi connectivity index (χ0n) is 18.6. The van der Waals surface area contributed by atoms with Crippen LogP contribution >= 0.6 is 11.6 Å². The van der Waals surface area contributed by atoms with Gasteiger partial charge in [-0.15, -0.1) is 0 Å². The first-order valence-electron chi connectivity index (χ1n) is 10.7. The molecule has 7 heteroatoms. The van der Waals surface area contributed by atoms with Gasteiger partial charge in [-0.2, -0.15) is 0 Å². The van der Waals surface area contributed by atoms with Gasteiger partial charge < -0.3 is 15.1 Å². The van der Waals surface area contributed by atoms with Crippen molar-refractivity contribution in [3.63, 3.8) is 0 Å². The molecule has 0 aliphatic carbocycles. The second-order valence-electron chi connectivity index (χ2n) is 8.15. The third-order valence-electron chi connectivity index (χ3n) is 4.99. The van der Waals surface area contributed by atoms with Gasteiger partial charge in [0.1, 0.15) is 0 Å². The molecule has 168 valence electrons. The molecule has 1 aromatic heterocycles. The summed E-state index contributed by atoms with van der Waals surface area (Å²) < 4.78 is 5.79. The average molecular weight is 454 g/mol. The fourth-order valence-corrected chi connectivity index (χ4v) is 3.44. The van der Waals surface area contributed by atoms with Crippen molar-refractivity contribution < 1.29 is 14.0 Å². The van der Waals surface area contributed by atoms with E-state index in [9.17, 15) is 9.59 Å². The molecule has 0 radical (unpaired) electrons. The molecule has 0 spiro atoms. The number of amides is 2. The van der Waals surface area contributed by atoms with Gasteiger partial charge in [-0.25, -0.2) is 4.98 Å². The van der Waals surface area contributed by atoms with Gasteiger partial charge in [0.2, 0.25) is 11.8 Å². The molecule has 2 N–H and O–H groups in total. The third-order valence-corrected chi connectivity index (χ3v) is 5.40. The SMILES string of the molecule is Cc1c(Cl)cccc1NC(=O)CNC(=O)CCc1ncc(-c2ccc(CC(C)C)cc2)o1. The van der Waals surface area contributed by atoms with Gasteiger partial charge in [0.05, 0.1) is 12.7 Å². The van der Waals surface area contributed by atoms with Crippen molar-refractivity contribution in [3.8, 4) is 11.3 Å². The van der Waals surface area contributed by atoms with Crippen molar-refractivity contribution in [2.45, 2.75) is 40.0 Å². The maximum absolute atomic E-state index is 12.1. The van der Waals surface area contributed by atoms with Crippen molar-refractivity contribution >= 4 is 29.1 Å². The van der Waals surface area contributed by atoms with Crippen LogP contribution in [0.25, 0.3) is 11.3 Å². The predicted molar refractivity (Wildman–Crippen MR) is 127 cm³/mol. The monoisotopic (exact) mass is 453 g/mol. The molecule has 32 heavy (non-hydrogen) atoms. The summed E-state index contributed by atoms with van der Waals surface area (Å²) in [5, 5.41) is 5.93. The van der Waals surface area contributed by atoms with Crippen LogP contribution in [0.2, 0.25) is 5.02 Å². The van der Waals surface area contributed by atoms with Gasteiger partial charge in [0.15, 0.2) is 11.7 Å². The van der Waals surface area contributed by atoms with Crippen LogP contribution in [-0.4, -0.2) is 23.3 Å². The highest BCUT2D eigenvalue weighted by molar-refractivity contribution is 6.31. The second kappa shape index (κ2) is 11.0. The molecule has 0 fully saturated rings. The summed E-state index contributed by atoms with van der Waals surface area (Å²) in [5.74, 6) is 1.20. The van der Waals surface area contributed by atoms with E-state index >= 15 is 0 Å². The number of nitrogens with zero attached hydrogens (tertiary/aromatic N) is 1. The normalized spacial score (nSPS) is 10.9. The van der Waals surface area contributed by atoms with Crippen LogP contribution in [0, 0.1) is 12.8 Å². The molecule has 2 aromatic carbocycles. The summed E-state index contributed by atoms with van der Waals surface area (Å²) >= 11 is 6.05. The summed E-state index contributed by atoms with van der Waals surface area (Å²) in [7, 11) is 0. The van der Waals surface area contributed by atoms with E-state index < -0.39 is 0 Å². The Morgan fingerprint density at radius 1 is 1.09 bits per heavy atom. The molecule has 0 atom stereocenters. The Bertz CT molecular complexity index is 1070. The lowest BCUT2D eigenvalue weighted by atomic mass is 10.0. The number of nitrogens with one attached hydrogen (secondary N) is 2. The maximum atomic E-state index is 12.1. The average Bonchev–Trinajstić information content (AvgIpc) is 3.23. The second-order valence-corrected chi connectivity index (χ2v) is 8.56. The Morgan fingerprint density at radius 2 is 1.84 bits per heavy atom. The van der Waals surface area contributed by atoms with Crippen molar-refractivity contribution in [2.24, 2.45) is 5.92 Å². The van der Waals surface area contributed by atoms with E-state index in [4.69, 9.17) is 16.0 Å². The number of carbonyl (C=O) groups excluding carboxylic acids is 2. The van der Waals surface area contributed by atoms with Crippen LogP contribution < -0.4 is 10.6 Å². The third kappa shape index (κ3) is 6.69. The standard InChI is InChI=1S/C25H28ClN3O3/c1-16(2)13-18-7-9-19(10-8-18)22-14-28-25(32-22)12-11-23(30)27-15-24(31)29-21-6-4-5-20(26)17(21)3/h4-10,14,16H,11-13,15H2,1-3H3,(H,27,30)(H,29,31). The van der Waals surface area contributed by atoms with Crippen molar-refractivity contribution in [1.82, 2.24) is 10.3 Å². The molecule has 2 amide bonds. The van der Waals surface area contributed by atoms with Gasteiger partial charge in [-0.1, -0.05) is 55.8 Å². The first kappa shape index (κ1) is 23.5. The van der Waals surface area contributed by atoms with Gasteiger partial charge >= 0.3 is 0 Å². The lowest BCUT2D eigenvalue weighted by Crippen LogP contribution is -2.33. The maximum Gasteiger partial charge on any atom is 0.243 e. The fraction of sp³-hybridized carbons (Fsp3) is 0.320. The van der Waals surface area contributed by atoms with E-state index in [1.54, 1.807) is 24.4 Å². The number of anilines is 1. The van der Waals surface area contributed by atoms with Crippen molar-refractivity contribution in [2.75, 3.05) is 11.9 Å². The van der Waals surface area contributed by atoms with Crippen LogP contribution in [0.3, 0.4) is 0 Å². The Balaban J connectivity index is 1.45. The van der Waals surface area contributed by atoms with E-state index in [-0.39, 0.29) is 24.8 Å². The summed E-state index contributed by atoms with van der Waals surface area (Å²) in [5.41, 5.74) is 3.65. The summed E-state index contributed by atoms with van der Waals surface area (Å²) in [4.78, 5) is 28.5. The predicted octanol–water partition coefficient (Wildman–Crippen LogP) is 5.19. The van der Waals surface area contributed by atoms with E-state index in [1.165, 1.54) is 5.56 Å². The molecule has 3 rings (SSSR count). The Labute approximate surface area is 193 Å². The molecule has 1 heterocycles. The van der Waals surface area contributed by atoms with Crippen LogP contribution in [0.5, 0.6) is 0 Å². The number of rotatable bonds is 9.